The lowest BCUT2D eigenvalue weighted by molar-refractivity contribution is -0.275. The molecule has 9 nitrogen and oxygen atoms in total. The Morgan fingerprint density at radius 1 is 0.500 bits per heavy atom. The van der Waals surface area contributed by atoms with Crippen LogP contribution >= 0.6 is 7.26 Å². The number of rotatable bonds is 14. The predicted octanol–water partition coefficient (Wildman–Crippen LogP) is 11.6. The normalized spacial score (nSPS) is 15.2. The molecule has 2 fully saturated rings. The fraction of sp³-hybridized carbons (Fsp3) is 0.254. The zero-order valence-electron chi connectivity index (χ0n) is 43.1. The number of likely N-dealkylation sites (tertiary alicyclic amines) is 2. The van der Waals surface area contributed by atoms with Gasteiger partial charge < -0.3 is 50.5 Å². The lowest BCUT2D eigenvalue weighted by Crippen LogP contribution is -3.00. The Bertz CT molecular complexity index is 2850. The van der Waals surface area contributed by atoms with E-state index in [0.29, 0.717) is 32.3 Å². The molecule has 0 aromatic heterocycles. The van der Waals surface area contributed by atoms with Gasteiger partial charge >= 0.3 is 24.9 Å². The first-order chi connectivity index (χ1) is 37.7. The molecule has 7 aromatic rings. The molecule has 0 N–H and O–H groups in total. The van der Waals surface area contributed by atoms with Gasteiger partial charge in [-0.1, -0.05) is 159 Å². The van der Waals surface area contributed by atoms with Gasteiger partial charge in [0, 0.05) is 32.1 Å². The van der Waals surface area contributed by atoms with Gasteiger partial charge in [-0.2, -0.15) is 0 Å². The van der Waals surface area contributed by atoms with E-state index in [9.17, 15) is 40.7 Å². The van der Waals surface area contributed by atoms with E-state index >= 15 is 0 Å². The molecule has 9 rings (SSSR count). The van der Waals surface area contributed by atoms with E-state index in [1.807, 2.05) is 127 Å². The zero-order chi connectivity index (χ0) is 55.2. The number of hydrogen-bond donors (Lipinski definition) is 0. The van der Waals surface area contributed by atoms with Crippen molar-refractivity contribution in [3.05, 3.63) is 229 Å². The summed E-state index contributed by atoms with van der Waals surface area (Å²) in [6, 6.07) is 62.1. The van der Waals surface area contributed by atoms with Gasteiger partial charge in [-0.25, -0.2) is 9.59 Å². The Kier molecular flexibility index (Phi) is 24.9. The summed E-state index contributed by atoms with van der Waals surface area (Å²) >= 11 is 0. The summed E-state index contributed by atoms with van der Waals surface area (Å²) in [4.78, 5) is 38.2. The van der Waals surface area contributed by atoms with E-state index in [1.165, 1.54) is 40.2 Å². The van der Waals surface area contributed by atoms with Crippen molar-refractivity contribution in [3.8, 4) is 11.5 Å². The van der Waals surface area contributed by atoms with Gasteiger partial charge in [-0.15, -0.1) is 26.3 Å². The molecule has 2 atom stereocenters. The first kappa shape index (κ1) is 63.4. The van der Waals surface area contributed by atoms with Crippen LogP contribution < -0.4 is 42.4 Å². The van der Waals surface area contributed by atoms with Crippen LogP contribution in [0.3, 0.4) is 0 Å². The van der Waals surface area contributed by atoms with Gasteiger partial charge in [0.15, 0.2) is 0 Å². The van der Waals surface area contributed by atoms with Gasteiger partial charge in [0.05, 0.1) is 6.16 Å². The Balaban J connectivity index is 0.000000225. The highest BCUT2D eigenvalue weighted by Gasteiger charge is 2.45. The van der Waals surface area contributed by atoms with Crippen LogP contribution in [0, 0.1) is 11.8 Å². The second kappa shape index (κ2) is 31.4. The Morgan fingerprint density at radius 3 is 1.25 bits per heavy atom. The second-order valence-corrected chi connectivity index (χ2v) is 22.0. The summed E-state index contributed by atoms with van der Waals surface area (Å²) in [5.74, 6) is -0.332. The van der Waals surface area contributed by atoms with Crippen molar-refractivity contribution in [2.24, 2.45) is 11.8 Å². The summed E-state index contributed by atoms with van der Waals surface area (Å²) in [5.41, 5.74) is 3.63. The maximum atomic E-state index is 12.6. The number of alkyl halides is 6. The summed E-state index contributed by atoms with van der Waals surface area (Å²) in [6.07, 6.45) is -1.07. The molecule has 2 amide bonds. The fourth-order valence-electron chi connectivity index (χ4n) is 9.11. The number of aldehydes is 1. The van der Waals surface area contributed by atoms with E-state index in [1.54, 1.807) is 34.1 Å². The Hall–Kier alpha value is -7.42. The molecular formula is C63H64BrF6N2O7P. The number of ether oxygens (including phenoxy) is 4. The number of benzene rings is 7. The van der Waals surface area contributed by atoms with Gasteiger partial charge in [-0.3, -0.25) is 0 Å². The molecule has 2 heterocycles. The third-order valence-electron chi connectivity index (χ3n) is 12.9. The van der Waals surface area contributed by atoms with Crippen LogP contribution in [-0.2, 0) is 33.6 Å². The first-order valence-electron chi connectivity index (χ1n) is 25.5. The van der Waals surface area contributed by atoms with E-state index < -0.39 is 20.0 Å². The molecule has 0 spiro atoms. The van der Waals surface area contributed by atoms with Crippen LogP contribution in [0.4, 0.5) is 35.9 Å². The van der Waals surface area contributed by atoms with Gasteiger partial charge in [0.2, 0.25) is 0 Å². The van der Waals surface area contributed by atoms with Crippen LogP contribution in [0.15, 0.2) is 206 Å². The number of carbonyl (C=O) groups excluding carboxylic acids is 3. The van der Waals surface area contributed by atoms with Crippen molar-refractivity contribution in [3.63, 3.8) is 0 Å². The van der Waals surface area contributed by atoms with Crippen molar-refractivity contribution in [1.29, 1.82) is 0 Å². The smallest absolute Gasteiger partial charge is 0.573 e. The first-order valence-corrected chi connectivity index (χ1v) is 27.4. The predicted molar refractivity (Wildman–Crippen MR) is 299 cm³/mol. The number of piperidine rings is 2. The van der Waals surface area contributed by atoms with Crippen molar-refractivity contribution in [2.75, 3.05) is 26.2 Å². The largest absolute Gasteiger partial charge is 1.00 e. The molecule has 0 saturated carbocycles. The number of amides is 2. The van der Waals surface area contributed by atoms with E-state index in [2.05, 4.69) is 45.9 Å². The number of nitrogens with zero attached hydrogens (tertiary/aromatic N) is 2. The summed E-state index contributed by atoms with van der Waals surface area (Å²) in [5, 5.41) is 3.68. The van der Waals surface area contributed by atoms with Crippen LogP contribution in [0.2, 0.25) is 0 Å². The molecule has 2 unspecified atom stereocenters. The summed E-state index contributed by atoms with van der Waals surface area (Å²) < 4.78 is 92.8. The highest BCUT2D eigenvalue weighted by Crippen LogP contribution is 2.58. The van der Waals surface area contributed by atoms with Gasteiger partial charge in [0.1, 0.15) is 54.2 Å². The number of hydrogen-bond acceptors (Lipinski definition) is 7. The monoisotopic (exact) mass is 1180 g/mol. The maximum absolute atomic E-state index is 12.6. The quantitative estimate of drug-likeness (QED) is 0.0608. The number of halogens is 7. The molecule has 7 aromatic carbocycles. The fourth-order valence-corrected chi connectivity index (χ4v) is 13.4. The minimum absolute atomic E-state index is 0. The van der Waals surface area contributed by atoms with Crippen LogP contribution in [0.1, 0.15) is 55.4 Å². The summed E-state index contributed by atoms with van der Waals surface area (Å²) in [7, 11) is -2.09. The third-order valence-corrected chi connectivity index (χ3v) is 17.3. The molecule has 2 saturated heterocycles. The molecule has 17 heteroatoms. The zero-order valence-corrected chi connectivity index (χ0v) is 45.5. The van der Waals surface area contributed by atoms with Crippen molar-refractivity contribution >= 4 is 47.7 Å². The molecule has 2 aliphatic heterocycles. The number of carbonyl (C=O) groups is 3. The Labute approximate surface area is 475 Å². The third kappa shape index (κ3) is 20.0. The highest BCUT2D eigenvalue weighted by molar-refractivity contribution is 7.95. The molecule has 2 aliphatic rings. The second-order valence-electron chi connectivity index (χ2n) is 18.6. The van der Waals surface area contributed by atoms with Crippen molar-refractivity contribution in [1.82, 2.24) is 9.80 Å². The minimum atomic E-state index is -4.70. The van der Waals surface area contributed by atoms with Gasteiger partial charge in [-0.05, 0) is 115 Å². The lowest BCUT2D eigenvalue weighted by Gasteiger charge is -2.30. The van der Waals surface area contributed by atoms with Gasteiger partial charge in [0.25, 0.3) is 0 Å². The average Bonchev–Trinajstić information content (AvgIpc) is 3.65. The van der Waals surface area contributed by atoms with Crippen molar-refractivity contribution < 1.29 is 76.7 Å². The topological polar surface area (TPSA) is 94.6 Å². The summed E-state index contributed by atoms with van der Waals surface area (Å²) in [6.45, 7) is 2.89. The lowest BCUT2D eigenvalue weighted by atomic mass is 9.97. The maximum Gasteiger partial charge on any atom is 0.573 e. The Morgan fingerprint density at radius 2 is 0.863 bits per heavy atom. The van der Waals surface area contributed by atoms with Crippen LogP contribution in [0.5, 0.6) is 11.5 Å². The molecule has 0 bridgehead atoms. The SMILES string of the molecule is C.FC(F)(F)Oc1ccc(C[P+](c2ccccc2)(c2ccccc2)c2ccccc2)cc1.O=C(OCc1ccccc1)N1CCCC(C=Cc2ccc(OC(F)(F)F)cc2)C1.O=CC1CCCN(C(=O)OCc2ccccc2)C1.[Br-]. The van der Waals surface area contributed by atoms with Crippen LogP contribution in [-0.4, -0.2) is 67.2 Å². The van der Waals surface area contributed by atoms with Crippen LogP contribution in [0.25, 0.3) is 6.08 Å². The molecular weight excluding hydrogens is 1120 g/mol. The molecule has 80 heavy (non-hydrogen) atoms. The standard InChI is InChI=1S/C26H21F3OP.C22H22F3NO3.C14H17NO3.CH4.BrH/c27-26(28,29)30-22-18-16-21(17-19-22)20-31(23-10-4-1-5-11-23,24-12-6-2-7-13-24)25-14-8-3-9-15-25;23-22(24,25)29-20-12-10-17(11-13-20)8-9-18-7-4-14-26(15-18)21(27)28-16-19-5-2-1-3-6-19;16-10-13-7-4-8-15(9-13)14(17)18-11-12-5-2-1-3-6-12;;/h1-19H,20H2;1-3,5-6,8-13,18H,4,7,14-16H2;1-3,5-6,10,13H,4,7-9,11H2;1H4;1H/q+1;;;;/p-1. The van der Waals surface area contributed by atoms with E-state index in [0.717, 1.165) is 54.2 Å². The highest BCUT2D eigenvalue weighted by atomic mass is 79.9. The average molecular weight is 1190 g/mol. The van der Waals surface area contributed by atoms with Crippen molar-refractivity contribution in [2.45, 2.75) is 65.2 Å². The molecule has 0 aliphatic carbocycles. The van der Waals surface area contributed by atoms with E-state index in [4.69, 9.17) is 9.47 Å². The minimum Gasteiger partial charge on any atom is -1.00 e. The molecule has 422 valence electrons. The molecule has 0 radical (unpaired) electrons. The van der Waals surface area contributed by atoms with E-state index in [-0.39, 0.29) is 73.1 Å².